The van der Waals surface area contributed by atoms with Crippen LogP contribution in [0.5, 0.6) is 28.7 Å². The van der Waals surface area contributed by atoms with Crippen LogP contribution in [0.1, 0.15) is 23.5 Å². The number of phenolic OH excluding ortho intramolecular Hbond substituents is 1. The highest BCUT2D eigenvalue weighted by Gasteiger charge is 2.33. The van der Waals surface area contributed by atoms with Crippen LogP contribution in [0.25, 0.3) is 0 Å². The first-order valence-electron chi connectivity index (χ1n) is 8.03. The molecular formula is C19H21NO6. The molecule has 0 aliphatic carbocycles. The monoisotopic (exact) mass is 359 g/mol. The van der Waals surface area contributed by atoms with E-state index in [1.54, 1.807) is 31.4 Å². The zero-order chi connectivity index (χ0) is 18.8. The van der Waals surface area contributed by atoms with Gasteiger partial charge in [0.2, 0.25) is 11.7 Å². The van der Waals surface area contributed by atoms with Gasteiger partial charge >= 0.3 is 0 Å². The predicted octanol–water partition coefficient (Wildman–Crippen LogP) is 2.90. The molecule has 0 radical (unpaired) electrons. The van der Waals surface area contributed by atoms with Gasteiger partial charge in [-0.15, -0.1) is 0 Å². The number of fused-ring (bicyclic) bond motifs is 1. The van der Waals surface area contributed by atoms with E-state index in [0.29, 0.717) is 28.7 Å². The number of benzene rings is 2. The molecule has 0 saturated heterocycles. The molecule has 7 heteroatoms. The highest BCUT2D eigenvalue weighted by atomic mass is 16.5. The molecule has 1 atom stereocenters. The molecule has 3 rings (SSSR count). The van der Waals surface area contributed by atoms with Crippen molar-refractivity contribution in [2.45, 2.75) is 12.3 Å². The van der Waals surface area contributed by atoms with Crippen LogP contribution in [0, 0.1) is 0 Å². The third-order valence-electron chi connectivity index (χ3n) is 4.49. The third kappa shape index (κ3) is 2.85. The van der Waals surface area contributed by atoms with Gasteiger partial charge in [0.15, 0.2) is 23.0 Å². The third-order valence-corrected chi connectivity index (χ3v) is 4.49. The number of carbonyl (C=O) groups excluding carboxylic acids is 1. The lowest BCUT2D eigenvalue weighted by Gasteiger charge is -2.29. The van der Waals surface area contributed by atoms with Crippen molar-refractivity contribution in [3.05, 3.63) is 35.4 Å². The van der Waals surface area contributed by atoms with Gasteiger partial charge in [-0.25, -0.2) is 0 Å². The van der Waals surface area contributed by atoms with Crippen LogP contribution in [-0.4, -0.2) is 39.5 Å². The Morgan fingerprint density at radius 1 is 0.962 bits per heavy atom. The highest BCUT2D eigenvalue weighted by molar-refractivity contribution is 5.97. The van der Waals surface area contributed by atoms with Gasteiger partial charge in [-0.1, -0.05) is 6.07 Å². The van der Waals surface area contributed by atoms with E-state index in [1.165, 1.54) is 21.3 Å². The average molecular weight is 359 g/mol. The first-order chi connectivity index (χ1) is 12.5. The fraction of sp³-hybridized carbons (Fsp3) is 0.316. The Labute approximate surface area is 151 Å². The maximum atomic E-state index is 12.3. The highest BCUT2D eigenvalue weighted by Crippen LogP contribution is 2.51. The van der Waals surface area contributed by atoms with Crippen molar-refractivity contribution < 1.29 is 28.8 Å². The Morgan fingerprint density at radius 2 is 1.65 bits per heavy atom. The lowest BCUT2D eigenvalue weighted by Crippen LogP contribution is -2.24. The van der Waals surface area contributed by atoms with E-state index in [4.69, 9.17) is 18.9 Å². The van der Waals surface area contributed by atoms with E-state index in [0.717, 1.165) is 11.1 Å². The van der Waals surface area contributed by atoms with Gasteiger partial charge in [-0.2, -0.15) is 0 Å². The molecule has 1 heterocycles. The van der Waals surface area contributed by atoms with E-state index >= 15 is 0 Å². The molecule has 1 amide bonds. The summed E-state index contributed by atoms with van der Waals surface area (Å²) in [7, 11) is 6.08. The number of anilines is 1. The van der Waals surface area contributed by atoms with E-state index in [9.17, 15) is 9.90 Å². The Hall–Kier alpha value is -3.09. The first-order valence-corrected chi connectivity index (χ1v) is 8.03. The Kier molecular flexibility index (Phi) is 4.79. The van der Waals surface area contributed by atoms with E-state index in [-0.39, 0.29) is 24.0 Å². The number of rotatable bonds is 5. The lowest BCUT2D eigenvalue weighted by molar-refractivity contribution is -0.116. The number of hydrogen-bond donors (Lipinski definition) is 2. The molecule has 2 N–H and O–H groups in total. The topological polar surface area (TPSA) is 86.3 Å². The maximum Gasteiger partial charge on any atom is 0.225 e. The number of aromatic hydroxyl groups is 1. The summed E-state index contributed by atoms with van der Waals surface area (Å²) in [5, 5.41) is 12.7. The fourth-order valence-electron chi connectivity index (χ4n) is 3.31. The van der Waals surface area contributed by atoms with Crippen molar-refractivity contribution in [2.75, 3.05) is 33.8 Å². The van der Waals surface area contributed by atoms with E-state index in [1.807, 2.05) is 0 Å². The number of ether oxygens (including phenoxy) is 4. The Balaban J connectivity index is 2.24. The summed E-state index contributed by atoms with van der Waals surface area (Å²) in [4.78, 5) is 12.3. The molecule has 0 aromatic heterocycles. The van der Waals surface area contributed by atoms with Crippen molar-refractivity contribution in [3.8, 4) is 28.7 Å². The Morgan fingerprint density at radius 3 is 2.27 bits per heavy atom. The molecule has 1 aliphatic rings. The van der Waals surface area contributed by atoms with Crippen LogP contribution < -0.4 is 24.3 Å². The lowest BCUT2D eigenvalue weighted by atomic mass is 9.83. The second kappa shape index (κ2) is 7.03. The minimum atomic E-state index is -0.289. The zero-order valence-corrected chi connectivity index (χ0v) is 15.1. The van der Waals surface area contributed by atoms with E-state index in [2.05, 4.69) is 5.32 Å². The average Bonchev–Trinajstić information content (AvgIpc) is 2.65. The number of amides is 1. The molecule has 0 fully saturated rings. The molecule has 0 spiro atoms. The SMILES string of the molecule is COc1cc(C2CC(=O)Nc3cc(OC)c(OC)c(OC)c32)ccc1O. The molecule has 0 bridgehead atoms. The summed E-state index contributed by atoms with van der Waals surface area (Å²) in [5.41, 5.74) is 2.21. The molecular weight excluding hydrogens is 338 g/mol. The molecule has 138 valence electrons. The van der Waals surface area contributed by atoms with Crippen molar-refractivity contribution in [1.82, 2.24) is 0 Å². The zero-order valence-electron chi connectivity index (χ0n) is 15.1. The van der Waals surface area contributed by atoms with Gasteiger partial charge in [-0.3, -0.25) is 4.79 Å². The summed E-state index contributed by atoms with van der Waals surface area (Å²) in [6.07, 6.45) is 0.229. The van der Waals surface area contributed by atoms with Gasteiger partial charge in [0, 0.05) is 24.0 Å². The van der Waals surface area contributed by atoms with Crippen molar-refractivity contribution >= 4 is 11.6 Å². The van der Waals surface area contributed by atoms with Crippen LogP contribution >= 0.6 is 0 Å². The van der Waals surface area contributed by atoms with Crippen molar-refractivity contribution in [1.29, 1.82) is 0 Å². The summed E-state index contributed by atoms with van der Waals surface area (Å²) in [6.45, 7) is 0. The van der Waals surface area contributed by atoms with Crippen molar-refractivity contribution in [3.63, 3.8) is 0 Å². The second-order valence-electron chi connectivity index (χ2n) is 5.84. The smallest absolute Gasteiger partial charge is 0.225 e. The minimum Gasteiger partial charge on any atom is -0.504 e. The number of methoxy groups -OCH3 is 4. The van der Waals surface area contributed by atoms with Crippen molar-refractivity contribution in [2.24, 2.45) is 0 Å². The molecule has 1 aliphatic heterocycles. The first kappa shape index (κ1) is 17.7. The van der Waals surface area contributed by atoms with Crippen LogP contribution in [0.3, 0.4) is 0 Å². The van der Waals surface area contributed by atoms with Gasteiger partial charge in [0.05, 0.1) is 34.1 Å². The van der Waals surface area contributed by atoms with Gasteiger partial charge in [0.1, 0.15) is 0 Å². The quantitative estimate of drug-likeness (QED) is 0.854. The minimum absolute atomic E-state index is 0.0380. The van der Waals surface area contributed by atoms with Crippen LogP contribution in [0.15, 0.2) is 24.3 Å². The molecule has 7 nitrogen and oxygen atoms in total. The molecule has 2 aromatic carbocycles. The largest absolute Gasteiger partial charge is 0.504 e. The normalized spacial score (nSPS) is 15.7. The molecule has 0 saturated carbocycles. The summed E-state index contributed by atoms with van der Waals surface area (Å²) in [6, 6.07) is 6.76. The summed E-state index contributed by atoms with van der Waals surface area (Å²) < 4.78 is 21.6. The number of nitrogens with one attached hydrogen (secondary N) is 1. The fourth-order valence-corrected chi connectivity index (χ4v) is 3.31. The molecule has 2 aromatic rings. The standard InChI is InChI=1S/C19H21NO6/c1-23-14-7-10(5-6-13(14)21)11-8-16(22)20-12-9-15(24-2)18(25-3)19(26-4)17(11)12/h5-7,9,11,21H,8H2,1-4H3,(H,20,22). The van der Waals surface area contributed by atoms with Crippen LogP contribution in [-0.2, 0) is 4.79 Å². The molecule has 26 heavy (non-hydrogen) atoms. The summed E-state index contributed by atoms with van der Waals surface area (Å²) in [5.74, 6) is 1.39. The van der Waals surface area contributed by atoms with Gasteiger partial charge in [0.25, 0.3) is 0 Å². The van der Waals surface area contributed by atoms with Crippen LogP contribution in [0.4, 0.5) is 5.69 Å². The Bertz CT molecular complexity index is 848. The maximum absolute atomic E-state index is 12.3. The number of phenols is 1. The predicted molar refractivity (Wildman–Crippen MR) is 95.8 cm³/mol. The summed E-state index contributed by atoms with van der Waals surface area (Å²) >= 11 is 0. The van der Waals surface area contributed by atoms with E-state index < -0.39 is 0 Å². The number of carbonyl (C=O) groups is 1. The second-order valence-corrected chi connectivity index (χ2v) is 5.84. The number of hydrogen-bond acceptors (Lipinski definition) is 6. The van der Waals surface area contributed by atoms with Gasteiger partial charge < -0.3 is 29.4 Å². The van der Waals surface area contributed by atoms with Gasteiger partial charge in [-0.05, 0) is 17.7 Å². The van der Waals surface area contributed by atoms with Crippen LogP contribution in [0.2, 0.25) is 0 Å². The molecule has 1 unspecified atom stereocenters.